The molecule has 0 saturated carbocycles. The first-order valence-electron chi connectivity index (χ1n) is 6.96. The molecule has 0 aliphatic rings. The SMILES string of the molecule is Cn1nc(C(=O)OCC(=O)Nc2ccc(Cl)c(C(F)(F)F)c2)ccc1=O. The van der Waals surface area contributed by atoms with Crippen molar-refractivity contribution in [1.29, 1.82) is 0 Å². The number of ether oxygens (including phenoxy) is 1. The molecular formula is C15H11ClF3N3O4. The van der Waals surface area contributed by atoms with E-state index in [9.17, 15) is 27.6 Å². The first kappa shape index (κ1) is 19.4. The Bertz CT molecular complexity index is 912. The van der Waals surface area contributed by atoms with E-state index in [1.807, 2.05) is 0 Å². The van der Waals surface area contributed by atoms with E-state index in [0.717, 1.165) is 22.9 Å². The minimum Gasteiger partial charge on any atom is -0.451 e. The van der Waals surface area contributed by atoms with Gasteiger partial charge in [0.2, 0.25) is 0 Å². The number of hydrogen-bond donors (Lipinski definition) is 1. The van der Waals surface area contributed by atoms with Crippen LogP contribution in [0.4, 0.5) is 18.9 Å². The van der Waals surface area contributed by atoms with E-state index < -0.39 is 40.8 Å². The van der Waals surface area contributed by atoms with E-state index in [0.29, 0.717) is 6.07 Å². The Hall–Kier alpha value is -2.88. The van der Waals surface area contributed by atoms with Crippen LogP contribution in [0.2, 0.25) is 5.02 Å². The van der Waals surface area contributed by atoms with E-state index in [-0.39, 0.29) is 11.4 Å². The van der Waals surface area contributed by atoms with Crippen molar-refractivity contribution in [3.63, 3.8) is 0 Å². The number of amides is 1. The zero-order chi connectivity index (χ0) is 19.5. The second-order valence-corrected chi connectivity index (χ2v) is 5.40. The summed E-state index contributed by atoms with van der Waals surface area (Å²) in [7, 11) is 1.32. The third-order valence-electron chi connectivity index (χ3n) is 3.06. The van der Waals surface area contributed by atoms with Gasteiger partial charge in [0.15, 0.2) is 12.3 Å². The van der Waals surface area contributed by atoms with Crippen LogP contribution in [0.25, 0.3) is 0 Å². The number of nitrogens with one attached hydrogen (secondary N) is 1. The molecule has 2 aromatic rings. The number of halogens is 4. The number of aromatic nitrogens is 2. The minimum absolute atomic E-state index is 0.164. The summed E-state index contributed by atoms with van der Waals surface area (Å²) >= 11 is 5.48. The average Bonchev–Trinajstić information content (AvgIpc) is 2.56. The van der Waals surface area contributed by atoms with Gasteiger partial charge in [-0.25, -0.2) is 9.48 Å². The van der Waals surface area contributed by atoms with E-state index >= 15 is 0 Å². The molecule has 7 nitrogen and oxygen atoms in total. The Balaban J connectivity index is 2.00. The molecule has 11 heteroatoms. The van der Waals surface area contributed by atoms with Crippen LogP contribution < -0.4 is 10.9 Å². The van der Waals surface area contributed by atoms with Crippen LogP contribution >= 0.6 is 11.6 Å². The number of hydrogen-bond acceptors (Lipinski definition) is 5. The van der Waals surface area contributed by atoms with Gasteiger partial charge in [0, 0.05) is 18.8 Å². The highest BCUT2D eigenvalue weighted by Crippen LogP contribution is 2.36. The lowest BCUT2D eigenvalue weighted by Crippen LogP contribution is -2.24. The van der Waals surface area contributed by atoms with Crippen molar-refractivity contribution < 1.29 is 27.5 Å². The zero-order valence-corrected chi connectivity index (χ0v) is 13.9. The van der Waals surface area contributed by atoms with Gasteiger partial charge in [-0.05, 0) is 24.3 Å². The highest BCUT2D eigenvalue weighted by Gasteiger charge is 2.33. The maximum Gasteiger partial charge on any atom is 0.417 e. The Morgan fingerprint density at radius 3 is 2.58 bits per heavy atom. The van der Waals surface area contributed by atoms with Crippen molar-refractivity contribution in [3.05, 3.63) is 57.0 Å². The quantitative estimate of drug-likeness (QED) is 0.810. The molecule has 2 rings (SSSR count). The van der Waals surface area contributed by atoms with Gasteiger partial charge in [-0.2, -0.15) is 18.3 Å². The number of carbonyl (C=O) groups is 2. The van der Waals surface area contributed by atoms with Crippen LogP contribution in [0, 0.1) is 0 Å². The van der Waals surface area contributed by atoms with Crippen molar-refractivity contribution in [2.45, 2.75) is 6.18 Å². The van der Waals surface area contributed by atoms with Gasteiger partial charge < -0.3 is 10.1 Å². The molecule has 1 N–H and O–H groups in total. The van der Waals surface area contributed by atoms with Gasteiger partial charge in [0.1, 0.15) is 0 Å². The fourth-order valence-electron chi connectivity index (χ4n) is 1.83. The summed E-state index contributed by atoms with van der Waals surface area (Å²) in [5.74, 6) is -1.83. The molecule has 0 atom stereocenters. The van der Waals surface area contributed by atoms with Gasteiger partial charge in [-0.3, -0.25) is 9.59 Å². The maximum absolute atomic E-state index is 12.8. The Morgan fingerprint density at radius 2 is 1.96 bits per heavy atom. The molecule has 0 fully saturated rings. The van der Waals surface area contributed by atoms with Crippen LogP contribution in [0.1, 0.15) is 16.1 Å². The molecule has 1 aromatic carbocycles. The van der Waals surface area contributed by atoms with Gasteiger partial charge in [0.05, 0.1) is 10.6 Å². The topological polar surface area (TPSA) is 90.3 Å². The fraction of sp³-hybridized carbons (Fsp3) is 0.200. The predicted molar refractivity (Wildman–Crippen MR) is 84.8 cm³/mol. The second-order valence-electron chi connectivity index (χ2n) is 5.00. The van der Waals surface area contributed by atoms with Crippen LogP contribution in [-0.4, -0.2) is 28.3 Å². The Morgan fingerprint density at radius 1 is 1.27 bits per heavy atom. The van der Waals surface area contributed by atoms with Crippen molar-refractivity contribution >= 4 is 29.2 Å². The number of anilines is 1. The third-order valence-corrected chi connectivity index (χ3v) is 3.39. The number of carbonyl (C=O) groups excluding carboxylic acids is 2. The summed E-state index contributed by atoms with van der Waals surface area (Å²) in [5.41, 5.74) is -1.92. The van der Waals surface area contributed by atoms with Crippen molar-refractivity contribution in [1.82, 2.24) is 9.78 Å². The number of aryl methyl sites for hydroxylation is 1. The molecule has 0 aliphatic heterocycles. The third kappa shape index (κ3) is 4.82. The summed E-state index contributed by atoms with van der Waals surface area (Å²) in [6.07, 6.45) is -4.68. The van der Waals surface area contributed by atoms with Crippen molar-refractivity contribution in [2.24, 2.45) is 7.05 Å². The zero-order valence-electron chi connectivity index (χ0n) is 13.1. The molecule has 1 aromatic heterocycles. The van der Waals surface area contributed by atoms with E-state index in [2.05, 4.69) is 10.4 Å². The van der Waals surface area contributed by atoms with Gasteiger partial charge >= 0.3 is 12.1 Å². The molecule has 0 bridgehead atoms. The molecule has 0 unspecified atom stereocenters. The van der Waals surface area contributed by atoms with Gasteiger partial charge in [-0.1, -0.05) is 11.6 Å². The van der Waals surface area contributed by atoms with Crippen LogP contribution in [0.3, 0.4) is 0 Å². The molecule has 0 radical (unpaired) electrons. The van der Waals surface area contributed by atoms with E-state index in [1.165, 1.54) is 13.1 Å². The van der Waals surface area contributed by atoms with E-state index in [1.54, 1.807) is 0 Å². The Labute approximate surface area is 149 Å². The van der Waals surface area contributed by atoms with Crippen molar-refractivity contribution in [3.8, 4) is 0 Å². The molecule has 1 amide bonds. The number of benzene rings is 1. The van der Waals surface area contributed by atoms with Gasteiger partial charge in [-0.15, -0.1) is 0 Å². The lowest BCUT2D eigenvalue weighted by Gasteiger charge is -2.12. The fourth-order valence-corrected chi connectivity index (χ4v) is 2.06. The van der Waals surface area contributed by atoms with E-state index in [4.69, 9.17) is 16.3 Å². The van der Waals surface area contributed by atoms with Crippen molar-refractivity contribution in [2.75, 3.05) is 11.9 Å². The summed E-state index contributed by atoms with van der Waals surface area (Å²) in [4.78, 5) is 34.7. The number of esters is 1. The second kappa shape index (κ2) is 7.56. The first-order chi connectivity index (χ1) is 12.1. The number of rotatable bonds is 4. The standard InChI is InChI=1S/C15H11ClF3N3O4/c1-22-13(24)5-4-11(21-22)14(25)26-7-12(23)20-8-2-3-10(16)9(6-8)15(17,18)19/h2-6H,7H2,1H3,(H,20,23). The molecule has 1 heterocycles. The van der Waals surface area contributed by atoms with Crippen LogP contribution in [0.15, 0.2) is 35.1 Å². The smallest absolute Gasteiger partial charge is 0.417 e. The first-order valence-corrected chi connectivity index (χ1v) is 7.34. The lowest BCUT2D eigenvalue weighted by molar-refractivity contribution is -0.137. The minimum atomic E-state index is -4.68. The highest BCUT2D eigenvalue weighted by atomic mass is 35.5. The summed E-state index contributed by atoms with van der Waals surface area (Å²) in [6, 6.07) is 5.04. The highest BCUT2D eigenvalue weighted by molar-refractivity contribution is 6.31. The predicted octanol–water partition coefficient (Wildman–Crippen LogP) is 2.25. The molecular weight excluding hydrogens is 379 g/mol. The average molecular weight is 390 g/mol. The molecule has 0 aliphatic carbocycles. The molecule has 0 saturated heterocycles. The summed E-state index contributed by atoms with van der Waals surface area (Å²) in [5, 5.41) is 5.29. The normalized spacial score (nSPS) is 11.1. The monoisotopic (exact) mass is 389 g/mol. The Kier molecular flexibility index (Phi) is 5.66. The van der Waals surface area contributed by atoms with Crippen LogP contribution in [-0.2, 0) is 22.8 Å². The molecule has 26 heavy (non-hydrogen) atoms. The molecule has 138 valence electrons. The summed E-state index contributed by atoms with van der Waals surface area (Å²) in [6.45, 7) is -0.757. The number of nitrogens with zero attached hydrogens (tertiary/aromatic N) is 2. The van der Waals surface area contributed by atoms with Crippen LogP contribution in [0.5, 0.6) is 0 Å². The number of alkyl halides is 3. The summed E-state index contributed by atoms with van der Waals surface area (Å²) < 4.78 is 43.9. The largest absolute Gasteiger partial charge is 0.451 e. The molecule has 0 spiro atoms. The van der Waals surface area contributed by atoms with Gasteiger partial charge in [0.25, 0.3) is 11.5 Å². The maximum atomic E-state index is 12.8. The lowest BCUT2D eigenvalue weighted by atomic mass is 10.2.